The van der Waals surface area contributed by atoms with Crippen molar-refractivity contribution in [1.29, 1.82) is 0 Å². The third kappa shape index (κ3) is 4.41. The number of nitrogens with zero attached hydrogens (tertiary/aromatic N) is 1. The van der Waals surface area contributed by atoms with E-state index in [4.69, 9.17) is 10.5 Å². The molecule has 0 aromatic carbocycles. The molecule has 1 aromatic rings. The number of aromatic nitrogens is 1. The molecule has 0 fully saturated rings. The minimum Gasteiger partial charge on any atom is -0.491 e. The van der Waals surface area contributed by atoms with Crippen LogP contribution in [-0.4, -0.2) is 29.6 Å². The Kier molecular flexibility index (Phi) is 5.63. The molecule has 0 bridgehead atoms. The van der Waals surface area contributed by atoms with Crippen LogP contribution < -0.4 is 10.5 Å². The quantitative estimate of drug-likeness (QED) is 0.773. The van der Waals surface area contributed by atoms with Crippen molar-refractivity contribution in [2.75, 3.05) is 18.6 Å². The first-order valence-electron chi connectivity index (χ1n) is 5.47. The van der Waals surface area contributed by atoms with E-state index in [-0.39, 0.29) is 6.04 Å². The van der Waals surface area contributed by atoms with Crippen LogP contribution in [0.5, 0.6) is 5.75 Å². The third-order valence-corrected chi connectivity index (χ3v) is 2.71. The molecule has 0 saturated carbocycles. The Labute approximate surface area is 102 Å². The molecule has 1 heterocycles. The molecule has 16 heavy (non-hydrogen) atoms. The molecule has 2 N–H and O–H groups in total. The molecule has 0 saturated heterocycles. The second-order valence-corrected chi connectivity index (χ2v) is 4.91. The van der Waals surface area contributed by atoms with Gasteiger partial charge in [-0.05, 0) is 32.2 Å². The van der Waals surface area contributed by atoms with Crippen LogP contribution in [0.15, 0.2) is 12.1 Å². The van der Waals surface area contributed by atoms with Gasteiger partial charge in [0.1, 0.15) is 5.75 Å². The minimum atomic E-state index is 0.109. The number of hydrogen-bond donors (Lipinski definition) is 1. The van der Waals surface area contributed by atoms with Gasteiger partial charge in [0.15, 0.2) is 0 Å². The fourth-order valence-corrected chi connectivity index (χ4v) is 1.67. The maximum atomic E-state index is 5.80. The topological polar surface area (TPSA) is 48.1 Å². The highest BCUT2D eigenvalue weighted by atomic mass is 32.2. The molecule has 3 nitrogen and oxygen atoms in total. The van der Waals surface area contributed by atoms with E-state index in [2.05, 4.69) is 11.2 Å². The van der Waals surface area contributed by atoms with Gasteiger partial charge in [-0.25, -0.2) is 0 Å². The summed E-state index contributed by atoms with van der Waals surface area (Å²) in [4.78, 5) is 4.48. The summed E-state index contributed by atoms with van der Waals surface area (Å²) < 4.78 is 5.69. The molecule has 0 spiro atoms. The fraction of sp³-hybridized carbons (Fsp3) is 0.583. The standard InChI is InChI=1S/C12H20N2OS/c1-9(13)8-11-12(15-6-7-16-3)5-4-10(2)14-11/h4-5,9H,6-8,13H2,1-3H3. The lowest BCUT2D eigenvalue weighted by atomic mass is 10.1. The van der Waals surface area contributed by atoms with Gasteiger partial charge in [0.25, 0.3) is 0 Å². The van der Waals surface area contributed by atoms with Crippen molar-refractivity contribution in [3.63, 3.8) is 0 Å². The number of nitrogens with two attached hydrogens (primary N) is 1. The van der Waals surface area contributed by atoms with Gasteiger partial charge in [-0.2, -0.15) is 11.8 Å². The Morgan fingerprint density at radius 2 is 2.25 bits per heavy atom. The summed E-state index contributed by atoms with van der Waals surface area (Å²) in [5.74, 6) is 1.86. The van der Waals surface area contributed by atoms with E-state index in [1.54, 1.807) is 11.8 Å². The van der Waals surface area contributed by atoms with Gasteiger partial charge in [0, 0.05) is 23.9 Å². The summed E-state index contributed by atoms with van der Waals surface area (Å²) in [6.45, 7) is 4.68. The second kappa shape index (κ2) is 6.76. The normalized spacial score (nSPS) is 12.5. The molecule has 0 aliphatic heterocycles. The van der Waals surface area contributed by atoms with Crippen LogP contribution in [0.4, 0.5) is 0 Å². The van der Waals surface area contributed by atoms with Gasteiger partial charge in [0.2, 0.25) is 0 Å². The van der Waals surface area contributed by atoms with Gasteiger partial charge in [-0.3, -0.25) is 4.98 Å². The zero-order valence-corrected chi connectivity index (χ0v) is 11.0. The van der Waals surface area contributed by atoms with Crippen LogP contribution in [0.2, 0.25) is 0 Å². The van der Waals surface area contributed by atoms with Crippen LogP contribution in [-0.2, 0) is 6.42 Å². The largest absolute Gasteiger partial charge is 0.491 e. The Bertz CT molecular complexity index is 329. The zero-order valence-electron chi connectivity index (χ0n) is 10.2. The molecule has 90 valence electrons. The van der Waals surface area contributed by atoms with Gasteiger partial charge < -0.3 is 10.5 Å². The first-order chi connectivity index (χ1) is 7.63. The number of aryl methyl sites for hydroxylation is 1. The van der Waals surface area contributed by atoms with Crippen molar-refractivity contribution in [3.8, 4) is 5.75 Å². The molecule has 0 amide bonds. The molecule has 1 rings (SSSR count). The van der Waals surface area contributed by atoms with E-state index in [9.17, 15) is 0 Å². The van der Waals surface area contributed by atoms with Crippen LogP contribution in [0.1, 0.15) is 18.3 Å². The molecular formula is C12H20N2OS. The van der Waals surface area contributed by atoms with E-state index in [1.165, 1.54) is 0 Å². The molecule has 1 atom stereocenters. The molecule has 0 radical (unpaired) electrons. The molecule has 4 heteroatoms. The molecular weight excluding hydrogens is 220 g/mol. The summed E-state index contributed by atoms with van der Waals surface area (Å²) in [5.41, 5.74) is 7.77. The number of thioether (sulfide) groups is 1. The monoisotopic (exact) mass is 240 g/mol. The Morgan fingerprint density at radius 1 is 1.50 bits per heavy atom. The summed E-state index contributed by atoms with van der Waals surface area (Å²) >= 11 is 1.77. The summed E-state index contributed by atoms with van der Waals surface area (Å²) in [7, 11) is 0. The van der Waals surface area contributed by atoms with Gasteiger partial charge >= 0.3 is 0 Å². The highest BCUT2D eigenvalue weighted by molar-refractivity contribution is 7.98. The van der Waals surface area contributed by atoms with E-state index in [1.807, 2.05) is 26.0 Å². The van der Waals surface area contributed by atoms with Crippen LogP contribution in [0.3, 0.4) is 0 Å². The number of hydrogen-bond acceptors (Lipinski definition) is 4. The lowest BCUT2D eigenvalue weighted by Gasteiger charge is -2.12. The highest BCUT2D eigenvalue weighted by Gasteiger charge is 2.08. The van der Waals surface area contributed by atoms with E-state index >= 15 is 0 Å². The second-order valence-electron chi connectivity index (χ2n) is 3.92. The first-order valence-corrected chi connectivity index (χ1v) is 6.86. The van der Waals surface area contributed by atoms with Crippen molar-refractivity contribution >= 4 is 11.8 Å². The zero-order chi connectivity index (χ0) is 12.0. The smallest absolute Gasteiger partial charge is 0.140 e. The maximum Gasteiger partial charge on any atom is 0.140 e. The van der Waals surface area contributed by atoms with Crippen molar-refractivity contribution in [3.05, 3.63) is 23.5 Å². The lowest BCUT2D eigenvalue weighted by molar-refractivity contribution is 0.337. The predicted molar refractivity (Wildman–Crippen MR) is 70.2 cm³/mol. The number of rotatable bonds is 6. The fourth-order valence-electron chi connectivity index (χ4n) is 1.42. The Morgan fingerprint density at radius 3 is 2.88 bits per heavy atom. The minimum absolute atomic E-state index is 0.109. The van der Waals surface area contributed by atoms with Crippen LogP contribution >= 0.6 is 11.8 Å². The van der Waals surface area contributed by atoms with Gasteiger partial charge in [-0.1, -0.05) is 0 Å². The molecule has 0 aliphatic carbocycles. The van der Waals surface area contributed by atoms with E-state index < -0.39 is 0 Å². The van der Waals surface area contributed by atoms with Gasteiger partial charge in [-0.15, -0.1) is 0 Å². The predicted octanol–water partition coefficient (Wildman–Crippen LogP) is 2.02. The molecule has 1 unspecified atom stereocenters. The molecule has 0 aliphatic rings. The summed E-state index contributed by atoms with van der Waals surface area (Å²) in [6, 6.07) is 4.07. The number of pyridine rings is 1. The van der Waals surface area contributed by atoms with Crippen molar-refractivity contribution < 1.29 is 4.74 Å². The SMILES string of the molecule is CSCCOc1ccc(C)nc1CC(C)N. The van der Waals surface area contributed by atoms with Gasteiger partial charge in [0.05, 0.1) is 12.3 Å². The summed E-state index contributed by atoms with van der Waals surface area (Å²) in [5, 5.41) is 0. The van der Waals surface area contributed by atoms with Crippen molar-refractivity contribution in [1.82, 2.24) is 4.98 Å². The highest BCUT2D eigenvalue weighted by Crippen LogP contribution is 2.18. The lowest BCUT2D eigenvalue weighted by Crippen LogP contribution is -2.19. The average molecular weight is 240 g/mol. The third-order valence-electron chi connectivity index (χ3n) is 2.13. The van der Waals surface area contributed by atoms with E-state index in [0.29, 0.717) is 0 Å². The molecule has 1 aromatic heterocycles. The average Bonchev–Trinajstić information content (AvgIpc) is 2.20. The van der Waals surface area contributed by atoms with E-state index in [0.717, 1.165) is 35.9 Å². The van der Waals surface area contributed by atoms with Crippen molar-refractivity contribution in [2.24, 2.45) is 5.73 Å². The number of ether oxygens (including phenoxy) is 1. The Balaban J connectivity index is 2.72. The Hall–Kier alpha value is -0.740. The maximum absolute atomic E-state index is 5.80. The van der Waals surface area contributed by atoms with Crippen LogP contribution in [0, 0.1) is 6.92 Å². The first kappa shape index (κ1) is 13.3. The van der Waals surface area contributed by atoms with Crippen LogP contribution in [0.25, 0.3) is 0 Å². The van der Waals surface area contributed by atoms with Crippen molar-refractivity contribution in [2.45, 2.75) is 26.3 Å². The summed E-state index contributed by atoms with van der Waals surface area (Å²) in [6.07, 6.45) is 2.83.